The molecule has 0 amide bonds. The Morgan fingerprint density at radius 2 is 1.54 bits per heavy atom. The minimum Gasteiger partial charge on any atom is -0.481 e. The summed E-state index contributed by atoms with van der Waals surface area (Å²) in [6.45, 7) is 0. The van der Waals surface area contributed by atoms with Crippen LogP contribution in [0.25, 0.3) is 0 Å². The van der Waals surface area contributed by atoms with Crippen LogP contribution in [-0.2, 0) is 19.2 Å². The van der Waals surface area contributed by atoms with Crippen molar-refractivity contribution in [2.45, 2.75) is 44.9 Å². The summed E-state index contributed by atoms with van der Waals surface area (Å²) in [6.07, 6.45) is 2.29. The molecule has 0 bridgehead atoms. The number of carboxylic acids is 4. The highest BCUT2D eigenvalue weighted by molar-refractivity contribution is 5.99. The Morgan fingerprint density at radius 1 is 0.917 bits per heavy atom. The molecule has 1 fully saturated rings. The van der Waals surface area contributed by atoms with E-state index in [1.54, 1.807) is 0 Å². The zero-order valence-electron chi connectivity index (χ0n) is 13.0. The maximum Gasteiger partial charge on any atom is 0.321 e. The quantitative estimate of drug-likeness (QED) is 0.435. The van der Waals surface area contributed by atoms with Crippen LogP contribution in [-0.4, -0.2) is 44.3 Å². The fraction of sp³-hybridized carbons (Fsp3) is 0.625. The van der Waals surface area contributed by atoms with Crippen molar-refractivity contribution in [2.24, 2.45) is 16.7 Å². The first-order valence-electron chi connectivity index (χ1n) is 7.81. The highest BCUT2D eigenvalue weighted by Gasteiger charge is 2.56. The molecule has 0 aliphatic heterocycles. The summed E-state index contributed by atoms with van der Waals surface area (Å²) in [7, 11) is 0. The number of carboxylic acid groups (broad SMARTS) is 4. The average molecular weight is 340 g/mol. The summed E-state index contributed by atoms with van der Waals surface area (Å²) in [5, 5.41) is 37.7. The first-order chi connectivity index (χ1) is 11.2. The largest absolute Gasteiger partial charge is 0.481 e. The van der Waals surface area contributed by atoms with Crippen molar-refractivity contribution in [3.05, 3.63) is 11.6 Å². The van der Waals surface area contributed by atoms with E-state index in [2.05, 4.69) is 0 Å². The van der Waals surface area contributed by atoms with Gasteiger partial charge in [0.15, 0.2) is 5.41 Å². The van der Waals surface area contributed by atoms with Gasteiger partial charge in [-0.25, -0.2) is 0 Å². The molecule has 0 radical (unpaired) electrons. The molecular weight excluding hydrogens is 320 g/mol. The summed E-state index contributed by atoms with van der Waals surface area (Å²) in [6, 6.07) is 0. The molecule has 2 rings (SSSR count). The molecule has 0 spiro atoms. The van der Waals surface area contributed by atoms with Gasteiger partial charge in [0.1, 0.15) is 5.41 Å². The Hall–Kier alpha value is -2.38. The number of aliphatic carboxylic acids is 4. The van der Waals surface area contributed by atoms with E-state index in [9.17, 15) is 39.6 Å². The van der Waals surface area contributed by atoms with Crippen molar-refractivity contribution in [3.8, 4) is 0 Å². The van der Waals surface area contributed by atoms with Gasteiger partial charge < -0.3 is 20.4 Å². The molecule has 0 heterocycles. The third-order valence-electron chi connectivity index (χ3n) is 5.50. The summed E-state index contributed by atoms with van der Waals surface area (Å²) >= 11 is 0. The Bertz CT molecular complexity index is 606. The third kappa shape index (κ3) is 2.55. The topological polar surface area (TPSA) is 149 Å². The van der Waals surface area contributed by atoms with Crippen LogP contribution in [0.4, 0.5) is 0 Å². The normalized spacial score (nSPS) is 29.3. The van der Waals surface area contributed by atoms with Crippen LogP contribution in [0.15, 0.2) is 11.6 Å². The van der Waals surface area contributed by atoms with Crippen molar-refractivity contribution in [2.75, 3.05) is 0 Å². The fourth-order valence-corrected chi connectivity index (χ4v) is 4.02. The SMILES string of the molecule is O=C(O)C1CCCCC1(C(=O)O)C1=CCC(C(=O)O)(C(=O)O)CC1. The maximum absolute atomic E-state index is 12.0. The van der Waals surface area contributed by atoms with Crippen molar-refractivity contribution >= 4 is 23.9 Å². The van der Waals surface area contributed by atoms with E-state index in [1.807, 2.05) is 0 Å². The minimum atomic E-state index is -1.98. The Balaban J connectivity index is 2.46. The monoisotopic (exact) mass is 340 g/mol. The molecule has 0 aromatic rings. The van der Waals surface area contributed by atoms with Crippen LogP contribution in [0, 0.1) is 16.7 Å². The van der Waals surface area contributed by atoms with Crippen molar-refractivity contribution in [3.63, 3.8) is 0 Å². The molecule has 2 unspecified atom stereocenters. The van der Waals surface area contributed by atoms with Gasteiger partial charge in [0.05, 0.1) is 5.92 Å². The van der Waals surface area contributed by atoms with E-state index in [-0.39, 0.29) is 32.1 Å². The maximum atomic E-state index is 12.0. The number of rotatable bonds is 5. The Morgan fingerprint density at radius 3 is 1.96 bits per heavy atom. The lowest BCUT2D eigenvalue weighted by molar-refractivity contribution is -0.166. The van der Waals surface area contributed by atoms with Crippen molar-refractivity contribution < 1.29 is 39.6 Å². The van der Waals surface area contributed by atoms with Gasteiger partial charge in [-0.2, -0.15) is 0 Å². The van der Waals surface area contributed by atoms with E-state index >= 15 is 0 Å². The molecule has 4 N–H and O–H groups in total. The van der Waals surface area contributed by atoms with Crippen molar-refractivity contribution in [1.29, 1.82) is 0 Å². The first-order valence-corrected chi connectivity index (χ1v) is 7.81. The van der Waals surface area contributed by atoms with E-state index in [0.29, 0.717) is 18.4 Å². The summed E-state index contributed by atoms with van der Waals surface area (Å²) in [5.41, 5.74) is -3.20. The van der Waals surface area contributed by atoms with E-state index < -0.39 is 40.6 Å². The van der Waals surface area contributed by atoms with Crippen LogP contribution >= 0.6 is 0 Å². The fourth-order valence-electron chi connectivity index (χ4n) is 4.02. The highest BCUT2D eigenvalue weighted by Crippen LogP contribution is 2.52. The van der Waals surface area contributed by atoms with Crippen molar-refractivity contribution in [1.82, 2.24) is 0 Å². The molecule has 2 aliphatic carbocycles. The number of hydrogen-bond acceptors (Lipinski definition) is 4. The zero-order chi connectivity index (χ0) is 18.1. The lowest BCUT2D eigenvalue weighted by Gasteiger charge is -2.43. The standard InChI is InChI=1S/C16H20O8/c17-11(18)10-3-1-2-6-16(10,14(23)24)9-4-7-15(8-5-9,12(19)20)13(21)22/h4,10H,1-3,5-8H2,(H,17,18)(H,19,20)(H,21,22)(H,23,24). The Kier molecular flexibility index (Phi) is 4.68. The minimum absolute atomic E-state index is 0.0469. The molecule has 132 valence electrons. The van der Waals surface area contributed by atoms with Crippen LogP contribution in [0.2, 0.25) is 0 Å². The average Bonchev–Trinajstić information content (AvgIpc) is 2.54. The van der Waals surface area contributed by atoms with Gasteiger partial charge in [-0.3, -0.25) is 19.2 Å². The van der Waals surface area contributed by atoms with E-state index in [1.165, 1.54) is 6.08 Å². The molecule has 2 atom stereocenters. The summed E-state index contributed by atoms with van der Waals surface area (Å²) in [4.78, 5) is 46.3. The number of allylic oxidation sites excluding steroid dienone is 1. The van der Waals surface area contributed by atoms with Gasteiger partial charge in [0.25, 0.3) is 0 Å². The van der Waals surface area contributed by atoms with E-state index in [4.69, 9.17) is 0 Å². The highest BCUT2D eigenvalue weighted by atomic mass is 16.4. The van der Waals surface area contributed by atoms with Crippen LogP contribution in [0.3, 0.4) is 0 Å². The second kappa shape index (κ2) is 6.26. The smallest absolute Gasteiger partial charge is 0.321 e. The molecule has 0 aromatic heterocycles. The van der Waals surface area contributed by atoms with Crippen LogP contribution < -0.4 is 0 Å². The van der Waals surface area contributed by atoms with Crippen LogP contribution in [0.1, 0.15) is 44.9 Å². The number of carbonyl (C=O) groups is 4. The van der Waals surface area contributed by atoms with Gasteiger partial charge in [-0.1, -0.05) is 24.5 Å². The van der Waals surface area contributed by atoms with Gasteiger partial charge in [0, 0.05) is 0 Å². The zero-order valence-corrected chi connectivity index (χ0v) is 13.0. The molecule has 24 heavy (non-hydrogen) atoms. The third-order valence-corrected chi connectivity index (χ3v) is 5.50. The molecule has 1 saturated carbocycles. The van der Waals surface area contributed by atoms with E-state index in [0.717, 1.165) is 0 Å². The predicted molar refractivity (Wildman–Crippen MR) is 79.3 cm³/mol. The number of hydrogen-bond donors (Lipinski definition) is 4. The van der Waals surface area contributed by atoms with Gasteiger partial charge in [-0.05, 0) is 32.1 Å². The van der Waals surface area contributed by atoms with Gasteiger partial charge in [0.2, 0.25) is 0 Å². The summed E-state index contributed by atoms with van der Waals surface area (Å²) in [5.74, 6) is -6.44. The molecule has 0 saturated heterocycles. The molecule has 8 heteroatoms. The Labute approximate surface area is 137 Å². The lowest BCUT2D eigenvalue weighted by atomic mass is 9.58. The molecule has 0 aromatic carbocycles. The van der Waals surface area contributed by atoms with Crippen LogP contribution in [0.5, 0.6) is 0 Å². The second-order valence-electron chi connectivity index (χ2n) is 6.54. The first kappa shape index (κ1) is 18.0. The molecular formula is C16H20O8. The molecule has 8 nitrogen and oxygen atoms in total. The second-order valence-corrected chi connectivity index (χ2v) is 6.54. The molecule has 2 aliphatic rings. The van der Waals surface area contributed by atoms with Gasteiger partial charge in [-0.15, -0.1) is 0 Å². The lowest BCUT2D eigenvalue weighted by Crippen LogP contribution is -2.48. The summed E-state index contributed by atoms with van der Waals surface area (Å²) < 4.78 is 0. The predicted octanol–water partition coefficient (Wildman–Crippen LogP) is 1.60. The van der Waals surface area contributed by atoms with Gasteiger partial charge >= 0.3 is 23.9 Å².